The van der Waals surface area contributed by atoms with E-state index in [0.29, 0.717) is 5.75 Å². The summed E-state index contributed by atoms with van der Waals surface area (Å²) in [5, 5.41) is 3.97. The fourth-order valence-electron chi connectivity index (χ4n) is 1.95. The van der Waals surface area contributed by atoms with Crippen molar-refractivity contribution in [3.63, 3.8) is 0 Å². The third kappa shape index (κ3) is 5.62. The van der Waals surface area contributed by atoms with Gasteiger partial charge in [0.1, 0.15) is 11.5 Å². The van der Waals surface area contributed by atoms with Crippen LogP contribution in [0.5, 0.6) is 11.5 Å². The lowest BCUT2D eigenvalue weighted by Gasteiger charge is -2.08. The smallest absolute Gasteiger partial charge is 0.277 e. The number of nitrogens with zero attached hydrogens (tertiary/aromatic N) is 1. The monoisotopic (exact) mass is 550 g/mol. The second-order valence-corrected chi connectivity index (χ2v) is 7.32. The summed E-state index contributed by atoms with van der Waals surface area (Å²) in [6.07, 6.45) is 1.56. The van der Waals surface area contributed by atoms with Gasteiger partial charge >= 0.3 is 0 Å². The number of hydrogen-bond donors (Lipinski definition) is 1. The molecule has 0 fully saturated rings. The molecular formula is C17H16I2N2O3. The SMILES string of the molecule is COc1c(I)cc(I)cc1/C=N\NC(=O)COc1cccc(C)c1. The Morgan fingerprint density at radius 3 is 2.79 bits per heavy atom. The molecule has 2 rings (SSSR count). The van der Waals surface area contributed by atoms with Gasteiger partial charge in [0, 0.05) is 9.13 Å². The van der Waals surface area contributed by atoms with Crippen LogP contribution in [0.2, 0.25) is 0 Å². The fourth-order valence-corrected chi connectivity index (χ4v) is 4.06. The van der Waals surface area contributed by atoms with E-state index in [1.54, 1.807) is 13.3 Å². The first-order chi connectivity index (χ1) is 11.5. The molecule has 0 bridgehead atoms. The number of carbonyl (C=O) groups is 1. The number of nitrogens with one attached hydrogen (secondary N) is 1. The van der Waals surface area contributed by atoms with Crippen molar-refractivity contribution in [1.29, 1.82) is 0 Å². The number of carbonyl (C=O) groups excluding carboxylic acids is 1. The van der Waals surface area contributed by atoms with Gasteiger partial charge in [-0.15, -0.1) is 0 Å². The summed E-state index contributed by atoms with van der Waals surface area (Å²) < 4.78 is 12.8. The number of benzene rings is 2. The van der Waals surface area contributed by atoms with Crippen LogP contribution in [-0.2, 0) is 4.79 Å². The normalized spacial score (nSPS) is 10.7. The minimum absolute atomic E-state index is 0.0954. The van der Waals surface area contributed by atoms with Crippen molar-refractivity contribution in [3.05, 3.63) is 54.7 Å². The van der Waals surface area contributed by atoms with Gasteiger partial charge < -0.3 is 9.47 Å². The van der Waals surface area contributed by atoms with Gasteiger partial charge in [-0.3, -0.25) is 4.79 Å². The van der Waals surface area contributed by atoms with E-state index in [4.69, 9.17) is 9.47 Å². The zero-order valence-electron chi connectivity index (χ0n) is 13.2. The summed E-state index contributed by atoms with van der Waals surface area (Å²) in [6.45, 7) is 1.87. The lowest BCUT2D eigenvalue weighted by molar-refractivity contribution is -0.123. The molecule has 0 saturated heterocycles. The van der Waals surface area contributed by atoms with E-state index in [2.05, 4.69) is 55.7 Å². The van der Waals surface area contributed by atoms with E-state index in [1.807, 2.05) is 43.3 Å². The number of methoxy groups -OCH3 is 1. The van der Waals surface area contributed by atoms with Gasteiger partial charge in [0.15, 0.2) is 6.61 Å². The lowest BCUT2D eigenvalue weighted by Crippen LogP contribution is -2.24. The number of aryl methyl sites for hydroxylation is 1. The third-order valence-electron chi connectivity index (χ3n) is 2.99. The molecule has 2 aromatic rings. The van der Waals surface area contributed by atoms with E-state index in [9.17, 15) is 4.79 Å². The summed E-state index contributed by atoms with van der Waals surface area (Å²) in [5.74, 6) is 1.06. The number of amides is 1. The molecule has 0 aromatic heterocycles. The Hall–Kier alpha value is -1.36. The topological polar surface area (TPSA) is 59.9 Å². The van der Waals surface area contributed by atoms with Crippen LogP contribution in [0.25, 0.3) is 0 Å². The molecule has 0 heterocycles. The molecule has 2 aromatic carbocycles. The Morgan fingerprint density at radius 2 is 2.08 bits per heavy atom. The molecule has 5 nitrogen and oxygen atoms in total. The maximum atomic E-state index is 11.8. The maximum Gasteiger partial charge on any atom is 0.277 e. The molecule has 7 heteroatoms. The van der Waals surface area contributed by atoms with E-state index in [0.717, 1.165) is 24.0 Å². The minimum Gasteiger partial charge on any atom is -0.495 e. The molecule has 0 spiro atoms. The van der Waals surface area contributed by atoms with Gasteiger partial charge in [-0.05, 0) is 81.9 Å². The predicted octanol–water partition coefficient (Wildman–Crippen LogP) is 3.74. The number of rotatable bonds is 6. The Bertz CT molecular complexity index is 763. The molecule has 1 N–H and O–H groups in total. The van der Waals surface area contributed by atoms with Crippen molar-refractivity contribution in [1.82, 2.24) is 5.43 Å². The zero-order chi connectivity index (χ0) is 17.5. The molecule has 0 radical (unpaired) electrons. The molecular weight excluding hydrogens is 534 g/mol. The van der Waals surface area contributed by atoms with Crippen LogP contribution in [0.15, 0.2) is 41.5 Å². The second-order valence-electron chi connectivity index (χ2n) is 4.91. The van der Waals surface area contributed by atoms with Gasteiger partial charge in [-0.25, -0.2) is 5.43 Å². The molecule has 0 unspecified atom stereocenters. The number of halogens is 2. The Kier molecular flexibility index (Phi) is 7.28. The molecule has 0 saturated carbocycles. The molecule has 1 amide bonds. The highest BCUT2D eigenvalue weighted by atomic mass is 127. The lowest BCUT2D eigenvalue weighted by atomic mass is 10.2. The van der Waals surface area contributed by atoms with Gasteiger partial charge in [0.05, 0.1) is 16.9 Å². The van der Waals surface area contributed by atoms with Gasteiger partial charge in [0.25, 0.3) is 5.91 Å². The van der Waals surface area contributed by atoms with Gasteiger partial charge in [0.2, 0.25) is 0 Å². The van der Waals surface area contributed by atoms with Crippen LogP contribution in [0, 0.1) is 14.1 Å². The highest BCUT2D eigenvalue weighted by Crippen LogP contribution is 2.26. The highest BCUT2D eigenvalue weighted by Gasteiger charge is 2.08. The van der Waals surface area contributed by atoms with E-state index < -0.39 is 0 Å². The molecule has 0 aliphatic rings. The van der Waals surface area contributed by atoms with E-state index in [-0.39, 0.29) is 12.5 Å². The summed E-state index contributed by atoms with van der Waals surface area (Å²) in [5.41, 5.74) is 4.33. The van der Waals surface area contributed by atoms with Crippen molar-refractivity contribution in [2.75, 3.05) is 13.7 Å². The second kappa shape index (κ2) is 9.21. The summed E-state index contributed by atoms with van der Waals surface area (Å²) in [7, 11) is 1.61. The average molecular weight is 550 g/mol. The Morgan fingerprint density at radius 1 is 1.29 bits per heavy atom. The van der Waals surface area contributed by atoms with Gasteiger partial charge in [-0.2, -0.15) is 5.10 Å². The van der Waals surface area contributed by atoms with Crippen LogP contribution >= 0.6 is 45.2 Å². The van der Waals surface area contributed by atoms with E-state index in [1.165, 1.54) is 0 Å². The van der Waals surface area contributed by atoms with Crippen molar-refractivity contribution < 1.29 is 14.3 Å². The summed E-state index contributed by atoms with van der Waals surface area (Å²) >= 11 is 4.42. The number of hydrazone groups is 1. The van der Waals surface area contributed by atoms with Crippen molar-refractivity contribution in [3.8, 4) is 11.5 Å². The predicted molar refractivity (Wildman–Crippen MR) is 111 cm³/mol. The van der Waals surface area contributed by atoms with Crippen LogP contribution in [0.1, 0.15) is 11.1 Å². The Labute approximate surface area is 168 Å². The highest BCUT2D eigenvalue weighted by molar-refractivity contribution is 14.1. The first kappa shape index (κ1) is 19.0. The molecule has 0 aliphatic carbocycles. The van der Waals surface area contributed by atoms with Crippen LogP contribution in [-0.4, -0.2) is 25.8 Å². The van der Waals surface area contributed by atoms with Gasteiger partial charge in [-0.1, -0.05) is 12.1 Å². The number of ether oxygens (including phenoxy) is 2. The minimum atomic E-state index is -0.327. The van der Waals surface area contributed by atoms with Crippen molar-refractivity contribution in [2.45, 2.75) is 6.92 Å². The Balaban J connectivity index is 1.93. The molecule has 0 aliphatic heterocycles. The molecule has 24 heavy (non-hydrogen) atoms. The average Bonchev–Trinajstić information content (AvgIpc) is 2.53. The van der Waals surface area contributed by atoms with Crippen LogP contribution < -0.4 is 14.9 Å². The first-order valence-corrected chi connectivity index (χ1v) is 9.19. The molecule has 126 valence electrons. The van der Waals surface area contributed by atoms with Crippen LogP contribution in [0.3, 0.4) is 0 Å². The summed E-state index contributed by atoms with van der Waals surface area (Å²) in [4.78, 5) is 11.8. The van der Waals surface area contributed by atoms with Crippen molar-refractivity contribution >= 4 is 57.3 Å². The van der Waals surface area contributed by atoms with Crippen LogP contribution in [0.4, 0.5) is 0 Å². The van der Waals surface area contributed by atoms with E-state index >= 15 is 0 Å². The maximum absolute atomic E-state index is 11.8. The molecule has 0 atom stereocenters. The zero-order valence-corrected chi connectivity index (χ0v) is 17.5. The fraction of sp³-hybridized carbons (Fsp3) is 0.176. The third-order valence-corrected chi connectivity index (χ3v) is 4.42. The quantitative estimate of drug-likeness (QED) is 0.339. The summed E-state index contributed by atoms with van der Waals surface area (Å²) in [6, 6.07) is 11.5. The standard InChI is InChI=1S/C17H16I2N2O3/c1-11-4-3-5-14(6-11)24-10-16(22)21-20-9-12-7-13(18)8-15(19)17(12)23-2/h3-9H,10H2,1-2H3,(H,21,22)/b20-9-. The largest absolute Gasteiger partial charge is 0.495 e. The van der Waals surface area contributed by atoms with Crippen molar-refractivity contribution in [2.24, 2.45) is 5.10 Å². The number of hydrogen-bond acceptors (Lipinski definition) is 4. The first-order valence-electron chi connectivity index (χ1n) is 7.04.